The molecule has 0 aromatic heterocycles. The van der Waals surface area contributed by atoms with Gasteiger partial charge in [0, 0.05) is 32.7 Å². The third kappa shape index (κ3) is 10.6. The lowest BCUT2D eigenvalue weighted by Gasteiger charge is -2.29. The van der Waals surface area contributed by atoms with Gasteiger partial charge in [0.05, 0.1) is 25.2 Å². The minimum Gasteiger partial charge on any atom is -0.493 e. The number of carbonyl (C=O) groups is 1. The Kier molecular flexibility index (Phi) is 14.8. The SMILES string of the molecule is COCCCOc1cc(C[C@@H](C[C@H](N)[C@@H](O)CNC(=O)C(C)(C)c2cccc(F)c2)C(C)C)ccc1OC.Cl. The van der Waals surface area contributed by atoms with Crippen LogP contribution in [0.4, 0.5) is 4.39 Å². The smallest absolute Gasteiger partial charge is 0.230 e. The number of hydrogen-bond donors (Lipinski definition) is 3. The summed E-state index contributed by atoms with van der Waals surface area (Å²) in [6.07, 6.45) is 1.20. The Morgan fingerprint density at radius 1 is 1.10 bits per heavy atom. The zero-order valence-electron chi connectivity index (χ0n) is 24.0. The number of carbonyl (C=O) groups excluding carboxylic acids is 1. The quantitative estimate of drug-likeness (QED) is 0.255. The standard InChI is InChI=1S/C30H45FN2O5.ClH/c1-20(2)22(15-21-11-12-27(37-6)28(16-21)38-14-8-13-36-5)17-25(32)26(34)19-33-29(35)30(3,4)23-9-7-10-24(31)18-23;/h7,9-12,16,18,20,22,25-26,34H,8,13-15,17,19,32H2,1-6H3,(H,33,35);1H/t22-,25-,26-;/m0./s1. The molecule has 0 radical (unpaired) electrons. The summed E-state index contributed by atoms with van der Waals surface area (Å²) in [5.74, 6) is 1.20. The molecule has 0 aliphatic heterocycles. The molecule has 4 N–H and O–H groups in total. The van der Waals surface area contributed by atoms with Crippen molar-refractivity contribution in [1.82, 2.24) is 5.32 Å². The van der Waals surface area contributed by atoms with Gasteiger partial charge in [-0.1, -0.05) is 32.0 Å². The molecule has 2 aromatic rings. The molecule has 0 unspecified atom stereocenters. The van der Waals surface area contributed by atoms with Gasteiger partial charge in [0.2, 0.25) is 5.91 Å². The van der Waals surface area contributed by atoms with E-state index in [1.54, 1.807) is 40.2 Å². The topological polar surface area (TPSA) is 103 Å². The Morgan fingerprint density at radius 2 is 1.82 bits per heavy atom. The van der Waals surface area contributed by atoms with Crippen LogP contribution in [0.5, 0.6) is 11.5 Å². The molecular weight excluding hydrogens is 523 g/mol. The summed E-state index contributed by atoms with van der Waals surface area (Å²) in [5.41, 5.74) is 7.10. The minimum absolute atomic E-state index is 0. The Bertz CT molecular complexity index is 1020. The lowest BCUT2D eigenvalue weighted by Crippen LogP contribution is -2.48. The van der Waals surface area contributed by atoms with E-state index in [1.165, 1.54) is 12.1 Å². The summed E-state index contributed by atoms with van der Waals surface area (Å²) in [5, 5.41) is 13.5. The summed E-state index contributed by atoms with van der Waals surface area (Å²) in [7, 11) is 3.28. The molecule has 0 saturated carbocycles. The number of benzene rings is 2. The summed E-state index contributed by atoms with van der Waals surface area (Å²) in [4.78, 5) is 12.9. The van der Waals surface area contributed by atoms with E-state index in [4.69, 9.17) is 19.9 Å². The van der Waals surface area contributed by atoms with Crippen molar-refractivity contribution in [2.45, 2.75) is 64.5 Å². The average Bonchev–Trinajstić information content (AvgIpc) is 2.89. The fourth-order valence-corrected chi connectivity index (χ4v) is 4.32. The lowest BCUT2D eigenvalue weighted by molar-refractivity contribution is -0.126. The third-order valence-electron chi connectivity index (χ3n) is 7.07. The number of rotatable bonds is 16. The highest BCUT2D eigenvalue weighted by molar-refractivity contribution is 5.87. The van der Waals surface area contributed by atoms with Gasteiger partial charge in [-0.3, -0.25) is 4.79 Å². The highest BCUT2D eigenvalue weighted by Crippen LogP contribution is 2.31. The lowest BCUT2D eigenvalue weighted by atomic mass is 9.82. The van der Waals surface area contributed by atoms with E-state index < -0.39 is 23.4 Å². The number of aliphatic hydroxyl groups is 1. The van der Waals surface area contributed by atoms with Gasteiger partial charge in [0.1, 0.15) is 5.82 Å². The Morgan fingerprint density at radius 3 is 2.44 bits per heavy atom. The number of hydrogen-bond acceptors (Lipinski definition) is 6. The zero-order chi connectivity index (χ0) is 28.3. The van der Waals surface area contributed by atoms with E-state index in [1.807, 2.05) is 18.2 Å². The number of amides is 1. The predicted molar refractivity (Wildman–Crippen MR) is 155 cm³/mol. The van der Waals surface area contributed by atoms with Gasteiger partial charge in [-0.25, -0.2) is 4.39 Å². The van der Waals surface area contributed by atoms with Crippen LogP contribution >= 0.6 is 12.4 Å². The number of methoxy groups -OCH3 is 2. The molecular formula is C30H46ClFN2O5. The van der Waals surface area contributed by atoms with Crippen LogP contribution < -0.4 is 20.5 Å². The Labute approximate surface area is 239 Å². The Hall–Kier alpha value is -2.39. The molecule has 39 heavy (non-hydrogen) atoms. The van der Waals surface area contributed by atoms with Gasteiger partial charge < -0.3 is 30.4 Å². The van der Waals surface area contributed by atoms with E-state index in [9.17, 15) is 14.3 Å². The van der Waals surface area contributed by atoms with E-state index >= 15 is 0 Å². The van der Waals surface area contributed by atoms with Gasteiger partial charge >= 0.3 is 0 Å². The minimum atomic E-state index is -0.954. The second-order valence-corrected chi connectivity index (χ2v) is 10.7. The van der Waals surface area contributed by atoms with Crippen LogP contribution in [0.3, 0.4) is 0 Å². The van der Waals surface area contributed by atoms with Gasteiger partial charge in [0.15, 0.2) is 11.5 Å². The number of halogens is 2. The van der Waals surface area contributed by atoms with E-state index in [-0.39, 0.29) is 30.8 Å². The van der Waals surface area contributed by atoms with Crippen molar-refractivity contribution in [3.05, 3.63) is 59.4 Å². The molecule has 2 rings (SSSR count). The van der Waals surface area contributed by atoms with Crippen LogP contribution in [0.15, 0.2) is 42.5 Å². The van der Waals surface area contributed by atoms with Crippen molar-refractivity contribution in [3.63, 3.8) is 0 Å². The van der Waals surface area contributed by atoms with E-state index in [0.717, 1.165) is 18.4 Å². The number of nitrogens with two attached hydrogens (primary N) is 1. The van der Waals surface area contributed by atoms with E-state index in [2.05, 4.69) is 19.2 Å². The molecule has 0 aliphatic carbocycles. The predicted octanol–water partition coefficient (Wildman–Crippen LogP) is 4.66. The van der Waals surface area contributed by atoms with Crippen LogP contribution in [0.2, 0.25) is 0 Å². The van der Waals surface area contributed by atoms with Crippen molar-refractivity contribution in [2.75, 3.05) is 34.0 Å². The monoisotopic (exact) mass is 568 g/mol. The molecule has 0 heterocycles. The molecule has 0 fully saturated rings. The fourth-order valence-electron chi connectivity index (χ4n) is 4.32. The third-order valence-corrected chi connectivity index (χ3v) is 7.07. The molecule has 2 aromatic carbocycles. The first-order chi connectivity index (χ1) is 18.0. The summed E-state index contributed by atoms with van der Waals surface area (Å²) >= 11 is 0. The highest BCUT2D eigenvalue weighted by atomic mass is 35.5. The molecule has 220 valence electrons. The second-order valence-electron chi connectivity index (χ2n) is 10.7. The Balaban J connectivity index is 0.00000760. The average molecular weight is 569 g/mol. The van der Waals surface area contributed by atoms with Crippen LogP contribution in [0.25, 0.3) is 0 Å². The summed E-state index contributed by atoms with van der Waals surface area (Å²) < 4.78 is 30.1. The molecule has 7 nitrogen and oxygen atoms in total. The van der Waals surface area contributed by atoms with Crippen LogP contribution in [0, 0.1) is 17.7 Å². The molecule has 0 spiro atoms. The van der Waals surface area contributed by atoms with Crippen LogP contribution in [0.1, 0.15) is 51.7 Å². The van der Waals surface area contributed by atoms with Crippen LogP contribution in [-0.2, 0) is 21.4 Å². The maximum absolute atomic E-state index is 13.7. The first kappa shape index (κ1) is 34.6. The van der Waals surface area contributed by atoms with E-state index in [0.29, 0.717) is 42.6 Å². The fraction of sp³-hybridized carbons (Fsp3) is 0.567. The second kappa shape index (κ2) is 16.7. The summed E-state index contributed by atoms with van der Waals surface area (Å²) in [6, 6.07) is 11.4. The van der Waals surface area contributed by atoms with Gasteiger partial charge in [-0.05, 0) is 73.9 Å². The van der Waals surface area contributed by atoms with Gasteiger partial charge in [-0.15, -0.1) is 12.4 Å². The maximum Gasteiger partial charge on any atom is 0.230 e. The normalized spacial score (nSPS) is 13.8. The van der Waals surface area contributed by atoms with Crippen molar-refractivity contribution in [2.24, 2.45) is 17.6 Å². The maximum atomic E-state index is 13.7. The zero-order valence-corrected chi connectivity index (χ0v) is 24.9. The number of aliphatic hydroxyl groups excluding tert-OH is 1. The van der Waals surface area contributed by atoms with Crippen molar-refractivity contribution < 1.29 is 28.5 Å². The largest absolute Gasteiger partial charge is 0.493 e. The van der Waals surface area contributed by atoms with Crippen molar-refractivity contribution in [1.29, 1.82) is 0 Å². The molecule has 1 amide bonds. The van der Waals surface area contributed by atoms with Crippen molar-refractivity contribution >= 4 is 18.3 Å². The number of nitrogens with one attached hydrogen (secondary N) is 1. The molecule has 3 atom stereocenters. The summed E-state index contributed by atoms with van der Waals surface area (Å²) in [6.45, 7) is 8.90. The molecule has 0 bridgehead atoms. The number of ether oxygens (including phenoxy) is 3. The molecule has 0 saturated heterocycles. The van der Waals surface area contributed by atoms with Crippen molar-refractivity contribution in [3.8, 4) is 11.5 Å². The molecule has 9 heteroatoms. The molecule has 0 aliphatic rings. The first-order valence-electron chi connectivity index (χ1n) is 13.3. The van der Waals surface area contributed by atoms with Crippen LogP contribution in [-0.4, -0.2) is 57.1 Å². The highest BCUT2D eigenvalue weighted by Gasteiger charge is 2.31. The van der Waals surface area contributed by atoms with Gasteiger partial charge in [-0.2, -0.15) is 0 Å². The first-order valence-corrected chi connectivity index (χ1v) is 13.3. The van der Waals surface area contributed by atoms with Gasteiger partial charge in [0.25, 0.3) is 0 Å².